The highest BCUT2D eigenvalue weighted by atomic mass is 15.0. The molecule has 3 aliphatic rings. The van der Waals surface area contributed by atoms with Gasteiger partial charge < -0.3 is 0 Å². The molecule has 304 valence electrons. The molecule has 0 saturated carbocycles. The lowest BCUT2D eigenvalue weighted by molar-refractivity contribution is 0.412. The van der Waals surface area contributed by atoms with Crippen LogP contribution in [0.3, 0.4) is 0 Å². The van der Waals surface area contributed by atoms with Crippen molar-refractivity contribution < 1.29 is 0 Å². The van der Waals surface area contributed by atoms with Crippen molar-refractivity contribution in [3.05, 3.63) is 258 Å². The van der Waals surface area contributed by atoms with Crippen molar-refractivity contribution in [2.75, 3.05) is 0 Å². The fourth-order valence-corrected chi connectivity index (χ4v) is 11.4. The zero-order chi connectivity index (χ0) is 43.0. The summed E-state index contributed by atoms with van der Waals surface area (Å²) in [5.74, 6) is 1.88. The molecule has 8 aromatic carbocycles. The Hall–Kier alpha value is -8.34. The maximum absolute atomic E-state index is 5.18. The second kappa shape index (κ2) is 14.6. The number of fused-ring (bicyclic) bond motifs is 11. The molecule has 0 amide bonds. The summed E-state index contributed by atoms with van der Waals surface area (Å²) >= 11 is 0. The number of nitrogens with zero attached hydrogens (tertiary/aromatic N) is 4. The Morgan fingerprint density at radius 1 is 0.385 bits per heavy atom. The first-order valence-corrected chi connectivity index (χ1v) is 22.3. The van der Waals surface area contributed by atoms with Crippen LogP contribution in [0.15, 0.2) is 231 Å². The number of rotatable bonds is 6. The average molecular weight is 829 g/mol. The quantitative estimate of drug-likeness (QED) is 0.168. The van der Waals surface area contributed by atoms with Crippen molar-refractivity contribution in [1.82, 2.24) is 19.9 Å². The van der Waals surface area contributed by atoms with Gasteiger partial charge in [-0.25, -0.2) is 15.0 Å². The third-order valence-electron chi connectivity index (χ3n) is 14.1. The van der Waals surface area contributed by atoms with Crippen LogP contribution in [0.1, 0.15) is 34.2 Å². The smallest absolute Gasteiger partial charge is 0.164 e. The van der Waals surface area contributed by atoms with Crippen molar-refractivity contribution in [1.29, 1.82) is 0 Å². The third-order valence-corrected chi connectivity index (χ3v) is 14.1. The van der Waals surface area contributed by atoms with E-state index in [0.717, 1.165) is 56.3 Å². The molecule has 0 N–H and O–H groups in total. The van der Waals surface area contributed by atoms with Gasteiger partial charge in [0.2, 0.25) is 0 Å². The summed E-state index contributed by atoms with van der Waals surface area (Å²) in [4.78, 5) is 20.1. The van der Waals surface area contributed by atoms with Gasteiger partial charge in [-0.05, 0) is 79.8 Å². The zero-order valence-corrected chi connectivity index (χ0v) is 35.4. The zero-order valence-electron chi connectivity index (χ0n) is 35.4. The monoisotopic (exact) mass is 828 g/mol. The van der Waals surface area contributed by atoms with Crippen molar-refractivity contribution in [3.63, 3.8) is 0 Å². The average Bonchev–Trinajstić information content (AvgIpc) is 3.85. The van der Waals surface area contributed by atoms with Gasteiger partial charge in [0.25, 0.3) is 0 Å². The molecule has 1 atom stereocenters. The van der Waals surface area contributed by atoms with Gasteiger partial charge in [0.15, 0.2) is 17.5 Å². The Labute approximate surface area is 378 Å². The minimum Gasteiger partial charge on any atom is -0.256 e. The molecule has 0 aliphatic heterocycles. The summed E-state index contributed by atoms with van der Waals surface area (Å²) in [7, 11) is 0. The molecule has 2 aromatic heterocycles. The van der Waals surface area contributed by atoms with Gasteiger partial charge in [0.05, 0.1) is 10.9 Å². The van der Waals surface area contributed by atoms with E-state index in [2.05, 4.69) is 200 Å². The van der Waals surface area contributed by atoms with Gasteiger partial charge in [0, 0.05) is 39.3 Å². The van der Waals surface area contributed by atoms with Gasteiger partial charge in [-0.15, -0.1) is 0 Å². The standard InChI is InChI=1S/C61H40N4/c1-2-16-42(17-3-1)57-63-58(43-34-32-40(33-35-43)48-27-14-18-41-22-15-37-62-56(41)48)65-59(64-57)46-21-12-19-44(38-46)45-20-13-23-47(39-45)60-36-11-10-28-52(60)51-26-6-9-31-55(51)61(60)53-29-7-4-24-49(53)50-25-5-8-30-54(50)61/h1-35,37-39H,36H2. The van der Waals surface area contributed by atoms with Gasteiger partial charge >= 0.3 is 0 Å². The lowest BCUT2D eigenvalue weighted by Gasteiger charge is -2.48. The molecular formula is C61H40N4. The van der Waals surface area contributed by atoms with Crippen LogP contribution in [0.5, 0.6) is 0 Å². The highest BCUT2D eigenvalue weighted by Gasteiger charge is 2.65. The summed E-state index contributed by atoms with van der Waals surface area (Å²) in [5.41, 5.74) is 18.1. The van der Waals surface area contributed by atoms with E-state index in [1.54, 1.807) is 0 Å². The molecular weight excluding hydrogens is 789 g/mol. The molecule has 0 radical (unpaired) electrons. The maximum Gasteiger partial charge on any atom is 0.164 e. The van der Waals surface area contributed by atoms with Crippen molar-refractivity contribution >= 4 is 16.5 Å². The normalized spacial score (nSPS) is 16.2. The second-order valence-electron chi connectivity index (χ2n) is 17.3. The van der Waals surface area contributed by atoms with E-state index >= 15 is 0 Å². The van der Waals surface area contributed by atoms with Crippen molar-refractivity contribution in [3.8, 4) is 67.5 Å². The lowest BCUT2D eigenvalue weighted by atomic mass is 9.52. The minimum absolute atomic E-state index is 0.394. The predicted octanol–water partition coefficient (Wildman–Crippen LogP) is 14.4. The van der Waals surface area contributed by atoms with Gasteiger partial charge in [-0.1, -0.05) is 212 Å². The van der Waals surface area contributed by atoms with Crippen molar-refractivity contribution in [2.24, 2.45) is 0 Å². The molecule has 0 fully saturated rings. The maximum atomic E-state index is 5.18. The molecule has 4 heteroatoms. The number of para-hydroxylation sites is 1. The van der Waals surface area contributed by atoms with Crippen LogP contribution in [0.25, 0.3) is 84.0 Å². The molecule has 3 aliphatic carbocycles. The van der Waals surface area contributed by atoms with Crippen LogP contribution < -0.4 is 0 Å². The topological polar surface area (TPSA) is 51.6 Å². The lowest BCUT2D eigenvalue weighted by Crippen LogP contribution is -2.47. The number of pyridine rings is 1. The molecule has 4 nitrogen and oxygen atoms in total. The second-order valence-corrected chi connectivity index (χ2v) is 17.3. The highest BCUT2D eigenvalue weighted by molar-refractivity contribution is 5.98. The molecule has 65 heavy (non-hydrogen) atoms. The van der Waals surface area contributed by atoms with Gasteiger partial charge in [-0.3, -0.25) is 4.98 Å². The third kappa shape index (κ3) is 5.50. The van der Waals surface area contributed by atoms with E-state index in [1.165, 1.54) is 44.5 Å². The predicted molar refractivity (Wildman–Crippen MR) is 264 cm³/mol. The summed E-state index contributed by atoms with van der Waals surface area (Å²) in [6.45, 7) is 0. The van der Waals surface area contributed by atoms with E-state index in [9.17, 15) is 0 Å². The Balaban J connectivity index is 0.940. The van der Waals surface area contributed by atoms with E-state index in [4.69, 9.17) is 19.9 Å². The fraction of sp³-hybridized carbons (Fsp3) is 0.0492. The number of allylic oxidation sites excluding steroid dienone is 4. The van der Waals surface area contributed by atoms with Crippen LogP contribution in [0.4, 0.5) is 0 Å². The van der Waals surface area contributed by atoms with E-state index in [-0.39, 0.29) is 0 Å². The van der Waals surface area contributed by atoms with Crippen LogP contribution in [0.2, 0.25) is 0 Å². The van der Waals surface area contributed by atoms with Crippen LogP contribution in [0, 0.1) is 0 Å². The van der Waals surface area contributed by atoms with Crippen LogP contribution in [-0.4, -0.2) is 19.9 Å². The number of hydrogen-bond acceptors (Lipinski definition) is 4. The van der Waals surface area contributed by atoms with Crippen LogP contribution in [-0.2, 0) is 10.8 Å². The van der Waals surface area contributed by atoms with E-state index in [0.29, 0.717) is 17.5 Å². The molecule has 1 spiro atoms. The highest BCUT2D eigenvalue weighted by Crippen LogP contribution is 2.71. The SMILES string of the molecule is C1=CCC2(c3cccc(-c4cccc(-c5nc(-c6ccccc6)nc(-c6ccc(-c7cccc8cccnc78)cc6)n5)c4)c3)C(=C1)c1ccccc1C21c2ccccc2-c2ccccc21. The van der Waals surface area contributed by atoms with E-state index < -0.39 is 10.8 Å². The molecule has 1 unspecified atom stereocenters. The molecule has 10 aromatic rings. The number of benzene rings is 8. The number of aromatic nitrogens is 4. The molecule has 13 rings (SSSR count). The fourth-order valence-electron chi connectivity index (χ4n) is 11.4. The Morgan fingerprint density at radius 3 is 1.65 bits per heavy atom. The van der Waals surface area contributed by atoms with Crippen LogP contribution >= 0.6 is 0 Å². The summed E-state index contributed by atoms with van der Waals surface area (Å²) in [6.07, 6.45) is 9.74. The first kappa shape index (κ1) is 37.2. The number of hydrogen-bond donors (Lipinski definition) is 0. The largest absolute Gasteiger partial charge is 0.256 e. The summed E-state index contributed by atoms with van der Waals surface area (Å²) in [5, 5.41) is 1.11. The molecule has 0 bridgehead atoms. The Morgan fingerprint density at radius 2 is 0.908 bits per heavy atom. The van der Waals surface area contributed by atoms with Crippen molar-refractivity contribution in [2.45, 2.75) is 17.3 Å². The minimum atomic E-state index is -0.424. The Kier molecular flexibility index (Phi) is 8.37. The van der Waals surface area contributed by atoms with E-state index in [1.807, 2.05) is 30.5 Å². The summed E-state index contributed by atoms with van der Waals surface area (Å²) < 4.78 is 0. The molecule has 0 saturated heterocycles. The first-order chi connectivity index (χ1) is 32.2. The Bertz CT molecular complexity index is 3540. The van der Waals surface area contributed by atoms with Gasteiger partial charge in [0.1, 0.15) is 0 Å². The first-order valence-electron chi connectivity index (χ1n) is 22.3. The summed E-state index contributed by atoms with van der Waals surface area (Å²) in [6, 6.07) is 74.4. The molecule has 2 heterocycles. The van der Waals surface area contributed by atoms with Gasteiger partial charge in [-0.2, -0.15) is 0 Å².